The third kappa shape index (κ3) is 3.02. The van der Waals surface area contributed by atoms with Gasteiger partial charge in [-0.2, -0.15) is 0 Å². The Morgan fingerprint density at radius 1 is 1.35 bits per heavy atom. The second-order valence-electron chi connectivity index (χ2n) is 6.40. The highest BCUT2D eigenvalue weighted by molar-refractivity contribution is 6.30. The number of rotatable bonds is 5. The molecule has 1 saturated heterocycles. The third-order valence-corrected chi connectivity index (χ3v) is 5.04. The molecule has 112 valence electrons. The van der Waals surface area contributed by atoms with E-state index in [-0.39, 0.29) is 6.10 Å². The molecule has 3 rings (SSSR count). The highest BCUT2D eigenvalue weighted by Gasteiger charge is 2.40. The van der Waals surface area contributed by atoms with Crippen LogP contribution in [0.4, 0.5) is 0 Å². The average Bonchev–Trinajstić information content (AvgIpc) is 3.01. The number of nitrogens with zero attached hydrogens (tertiary/aromatic N) is 2. The lowest BCUT2D eigenvalue weighted by Gasteiger charge is -2.16. The molecule has 1 aliphatic heterocycles. The first-order chi connectivity index (χ1) is 9.65. The van der Waals surface area contributed by atoms with E-state index in [0.717, 1.165) is 56.8 Å². The Labute approximate surface area is 125 Å². The first-order valence-electron chi connectivity index (χ1n) is 7.79. The van der Waals surface area contributed by atoms with Crippen molar-refractivity contribution in [3.63, 3.8) is 0 Å². The highest BCUT2D eigenvalue weighted by atomic mass is 35.5. The van der Waals surface area contributed by atoms with Gasteiger partial charge in [0.25, 0.3) is 0 Å². The van der Waals surface area contributed by atoms with Crippen molar-refractivity contribution < 1.29 is 5.11 Å². The fourth-order valence-corrected chi connectivity index (χ4v) is 3.93. The maximum atomic E-state index is 9.69. The monoisotopic (exact) mass is 297 g/mol. The van der Waals surface area contributed by atoms with Crippen molar-refractivity contribution in [2.24, 2.45) is 11.8 Å². The Kier molecular flexibility index (Phi) is 4.34. The van der Waals surface area contributed by atoms with Crippen LogP contribution in [0.25, 0.3) is 0 Å². The van der Waals surface area contributed by atoms with Gasteiger partial charge in [-0.05, 0) is 31.1 Å². The van der Waals surface area contributed by atoms with E-state index in [4.69, 9.17) is 11.6 Å². The minimum atomic E-state index is -0.0662. The summed E-state index contributed by atoms with van der Waals surface area (Å²) in [6.45, 7) is 5.21. The molecular formula is C15H24ClN3O. The van der Waals surface area contributed by atoms with E-state index >= 15 is 0 Å². The molecule has 2 aliphatic rings. The number of H-pyrrole nitrogens is 1. The molecular weight excluding hydrogens is 274 g/mol. The zero-order chi connectivity index (χ0) is 14.1. The van der Waals surface area contributed by atoms with E-state index < -0.39 is 0 Å². The number of halogens is 1. The lowest BCUT2D eigenvalue weighted by atomic mass is 10.0. The van der Waals surface area contributed by atoms with Crippen LogP contribution in [0.15, 0.2) is 0 Å². The molecule has 1 saturated carbocycles. The maximum Gasteiger partial charge on any atom is 0.151 e. The van der Waals surface area contributed by atoms with Crippen molar-refractivity contribution in [2.75, 3.05) is 13.1 Å². The van der Waals surface area contributed by atoms with Crippen molar-refractivity contribution in [3.8, 4) is 0 Å². The summed E-state index contributed by atoms with van der Waals surface area (Å²) in [6.07, 6.45) is 5.18. The van der Waals surface area contributed by atoms with E-state index in [1.807, 2.05) is 0 Å². The van der Waals surface area contributed by atoms with Crippen molar-refractivity contribution in [1.29, 1.82) is 0 Å². The maximum absolute atomic E-state index is 9.69. The normalized spacial score (nSPS) is 30.1. The van der Waals surface area contributed by atoms with E-state index in [9.17, 15) is 5.11 Å². The van der Waals surface area contributed by atoms with Crippen molar-refractivity contribution in [2.45, 2.75) is 51.7 Å². The van der Waals surface area contributed by atoms with Gasteiger partial charge in [0, 0.05) is 26.1 Å². The molecule has 0 radical (unpaired) electrons. The molecule has 2 fully saturated rings. The van der Waals surface area contributed by atoms with Crippen LogP contribution in [-0.4, -0.2) is 39.2 Å². The molecule has 4 nitrogen and oxygen atoms in total. The number of nitrogens with one attached hydrogen (secondary N) is 1. The Morgan fingerprint density at radius 2 is 2.05 bits per heavy atom. The number of aliphatic hydroxyl groups excluding tert-OH is 1. The standard InChI is InChI=1S/C15H24ClN3O/c1-2-3-4-14-17-13(15(16)18-14)9-19-7-10-5-12(20)6-11(10)8-19/h10-12,20H,2-9H2,1H3,(H,17,18)/t10-,11+,12?. The van der Waals surface area contributed by atoms with Crippen LogP contribution >= 0.6 is 11.6 Å². The quantitative estimate of drug-likeness (QED) is 0.878. The summed E-state index contributed by atoms with van der Waals surface area (Å²) in [6, 6.07) is 0. The largest absolute Gasteiger partial charge is 0.393 e. The Balaban J connectivity index is 1.57. The summed E-state index contributed by atoms with van der Waals surface area (Å²) >= 11 is 6.24. The number of aryl methyl sites for hydroxylation is 1. The van der Waals surface area contributed by atoms with E-state index in [0.29, 0.717) is 17.0 Å². The second kappa shape index (κ2) is 6.04. The van der Waals surface area contributed by atoms with Crippen LogP contribution in [0.3, 0.4) is 0 Å². The average molecular weight is 298 g/mol. The third-order valence-electron chi connectivity index (χ3n) is 4.73. The summed E-state index contributed by atoms with van der Waals surface area (Å²) in [5, 5.41) is 10.3. The summed E-state index contributed by atoms with van der Waals surface area (Å²) in [4.78, 5) is 10.2. The van der Waals surface area contributed by atoms with Gasteiger partial charge >= 0.3 is 0 Å². The van der Waals surface area contributed by atoms with Gasteiger partial charge in [-0.1, -0.05) is 24.9 Å². The molecule has 0 amide bonds. The van der Waals surface area contributed by atoms with Crippen molar-refractivity contribution in [3.05, 3.63) is 16.7 Å². The fraction of sp³-hybridized carbons (Fsp3) is 0.800. The number of aromatic nitrogens is 2. The minimum absolute atomic E-state index is 0.0662. The summed E-state index contributed by atoms with van der Waals surface area (Å²) < 4.78 is 0. The molecule has 2 N–H and O–H groups in total. The van der Waals surface area contributed by atoms with Gasteiger partial charge in [-0.15, -0.1) is 0 Å². The number of unbranched alkanes of at least 4 members (excludes halogenated alkanes) is 1. The molecule has 5 heteroatoms. The molecule has 0 spiro atoms. The molecule has 1 unspecified atom stereocenters. The SMILES string of the molecule is CCCCc1nc(Cl)c(CN2C[C@H]3CC(O)C[C@H]3C2)[nH]1. The molecule has 0 bridgehead atoms. The Morgan fingerprint density at radius 3 is 2.70 bits per heavy atom. The number of aromatic amines is 1. The van der Waals surface area contributed by atoms with Crippen LogP contribution in [-0.2, 0) is 13.0 Å². The van der Waals surface area contributed by atoms with Crippen LogP contribution in [0.1, 0.15) is 44.1 Å². The molecule has 2 heterocycles. The lowest BCUT2D eigenvalue weighted by molar-refractivity contribution is 0.161. The van der Waals surface area contributed by atoms with Gasteiger partial charge in [0.15, 0.2) is 5.15 Å². The van der Waals surface area contributed by atoms with Crippen LogP contribution in [0.2, 0.25) is 5.15 Å². The molecule has 0 aromatic carbocycles. The molecule has 1 aliphatic carbocycles. The van der Waals surface area contributed by atoms with Crippen molar-refractivity contribution >= 4 is 11.6 Å². The lowest BCUT2D eigenvalue weighted by Crippen LogP contribution is -2.23. The smallest absolute Gasteiger partial charge is 0.151 e. The van der Waals surface area contributed by atoms with Crippen LogP contribution < -0.4 is 0 Å². The first kappa shape index (κ1) is 14.4. The number of hydrogen-bond donors (Lipinski definition) is 2. The van der Waals surface area contributed by atoms with E-state index in [2.05, 4.69) is 21.8 Å². The number of hydrogen-bond acceptors (Lipinski definition) is 3. The predicted octanol–water partition coefficient (Wildman–Crippen LogP) is 2.61. The fourth-order valence-electron chi connectivity index (χ4n) is 3.72. The topological polar surface area (TPSA) is 52.1 Å². The van der Waals surface area contributed by atoms with Gasteiger partial charge in [0.2, 0.25) is 0 Å². The molecule has 1 aromatic heterocycles. The van der Waals surface area contributed by atoms with Crippen LogP contribution in [0.5, 0.6) is 0 Å². The van der Waals surface area contributed by atoms with E-state index in [1.54, 1.807) is 0 Å². The van der Waals surface area contributed by atoms with Crippen molar-refractivity contribution in [1.82, 2.24) is 14.9 Å². The van der Waals surface area contributed by atoms with Gasteiger partial charge in [0.05, 0.1) is 11.8 Å². The molecule has 20 heavy (non-hydrogen) atoms. The van der Waals surface area contributed by atoms with Crippen LogP contribution in [0, 0.1) is 11.8 Å². The summed E-state index contributed by atoms with van der Waals surface area (Å²) in [7, 11) is 0. The molecule has 3 atom stereocenters. The first-order valence-corrected chi connectivity index (χ1v) is 8.17. The van der Waals surface area contributed by atoms with Gasteiger partial charge in [-0.3, -0.25) is 4.90 Å². The predicted molar refractivity (Wildman–Crippen MR) is 79.7 cm³/mol. The number of aliphatic hydroxyl groups is 1. The number of likely N-dealkylation sites (tertiary alicyclic amines) is 1. The Bertz CT molecular complexity index is 448. The van der Waals surface area contributed by atoms with E-state index in [1.165, 1.54) is 6.42 Å². The highest BCUT2D eigenvalue weighted by Crippen LogP contribution is 2.38. The van der Waals surface area contributed by atoms with Gasteiger partial charge < -0.3 is 10.1 Å². The minimum Gasteiger partial charge on any atom is -0.393 e. The van der Waals surface area contributed by atoms with Gasteiger partial charge in [0.1, 0.15) is 5.82 Å². The molecule has 1 aromatic rings. The number of imidazole rings is 1. The summed E-state index contributed by atoms with van der Waals surface area (Å²) in [5.74, 6) is 2.36. The number of fused-ring (bicyclic) bond motifs is 1. The zero-order valence-electron chi connectivity index (χ0n) is 12.1. The zero-order valence-corrected chi connectivity index (χ0v) is 12.9. The summed E-state index contributed by atoms with van der Waals surface area (Å²) in [5.41, 5.74) is 1.05. The Hall–Kier alpha value is -0.580. The van der Waals surface area contributed by atoms with Gasteiger partial charge in [-0.25, -0.2) is 4.98 Å². The second-order valence-corrected chi connectivity index (χ2v) is 6.75.